The highest BCUT2D eigenvalue weighted by atomic mass is 32.2. The van der Waals surface area contributed by atoms with Crippen molar-refractivity contribution in [1.82, 2.24) is 9.88 Å². The van der Waals surface area contributed by atoms with Crippen molar-refractivity contribution in [1.29, 1.82) is 0 Å². The zero-order chi connectivity index (χ0) is 12.2. The van der Waals surface area contributed by atoms with E-state index in [0.29, 0.717) is 5.75 Å². The van der Waals surface area contributed by atoms with E-state index < -0.39 is 10.8 Å². The maximum Gasteiger partial charge on any atom is 0.0375 e. The van der Waals surface area contributed by atoms with Crippen molar-refractivity contribution < 1.29 is 4.21 Å². The lowest BCUT2D eigenvalue weighted by Gasteiger charge is -2.17. The van der Waals surface area contributed by atoms with Gasteiger partial charge in [-0.15, -0.1) is 0 Å². The lowest BCUT2D eigenvalue weighted by Crippen LogP contribution is -2.29. The summed E-state index contributed by atoms with van der Waals surface area (Å²) in [5, 5.41) is 3.32. The lowest BCUT2D eigenvalue weighted by atomic mass is 10.3. The summed E-state index contributed by atoms with van der Waals surface area (Å²) in [7, 11) is 1.27. The minimum Gasteiger partial charge on any atom is -0.353 e. The van der Waals surface area contributed by atoms with Gasteiger partial charge >= 0.3 is 0 Å². The molecule has 0 aliphatic heterocycles. The number of rotatable bonds is 5. The third-order valence-corrected chi connectivity index (χ3v) is 4.45. The maximum absolute atomic E-state index is 11.8. The van der Waals surface area contributed by atoms with Gasteiger partial charge in [-0.25, -0.2) is 0 Å². The third-order valence-electron chi connectivity index (χ3n) is 2.50. The molecule has 1 heterocycles. The molecule has 3 nitrogen and oxygen atoms in total. The highest BCUT2D eigenvalue weighted by Crippen LogP contribution is 2.10. The summed E-state index contributed by atoms with van der Waals surface area (Å²) in [5.41, 5.74) is 1.25. The Bertz CT molecular complexity index is 352. The zero-order valence-electron chi connectivity index (χ0n) is 10.6. The SMILES string of the molecule is Cn1cccc1CNCCS(=O)C(C)(C)C. The summed E-state index contributed by atoms with van der Waals surface area (Å²) in [5.74, 6) is 0.716. The van der Waals surface area contributed by atoms with Crippen LogP contribution in [0.5, 0.6) is 0 Å². The van der Waals surface area contributed by atoms with E-state index in [9.17, 15) is 4.21 Å². The minimum atomic E-state index is -0.760. The Labute approximate surface area is 101 Å². The summed E-state index contributed by atoms with van der Waals surface area (Å²) in [6, 6.07) is 4.12. The van der Waals surface area contributed by atoms with E-state index in [0.717, 1.165) is 13.1 Å². The fourth-order valence-electron chi connectivity index (χ4n) is 1.37. The number of aromatic nitrogens is 1. The number of hydrogen-bond donors (Lipinski definition) is 1. The summed E-state index contributed by atoms with van der Waals surface area (Å²) in [4.78, 5) is 0. The second-order valence-corrected chi connectivity index (χ2v) is 7.27. The van der Waals surface area contributed by atoms with Crippen molar-refractivity contribution in [2.45, 2.75) is 32.1 Å². The molecule has 0 aromatic carbocycles. The average molecular weight is 242 g/mol. The molecule has 1 aromatic rings. The van der Waals surface area contributed by atoms with Crippen LogP contribution in [0.1, 0.15) is 26.5 Å². The molecule has 0 radical (unpaired) electrons. The van der Waals surface area contributed by atoms with Crippen molar-refractivity contribution >= 4 is 10.8 Å². The van der Waals surface area contributed by atoms with Gasteiger partial charge in [0.25, 0.3) is 0 Å². The quantitative estimate of drug-likeness (QED) is 0.797. The second kappa shape index (κ2) is 5.64. The van der Waals surface area contributed by atoms with Crippen molar-refractivity contribution in [3.8, 4) is 0 Å². The number of aryl methyl sites for hydroxylation is 1. The van der Waals surface area contributed by atoms with E-state index >= 15 is 0 Å². The molecule has 1 aromatic heterocycles. The van der Waals surface area contributed by atoms with Crippen LogP contribution < -0.4 is 5.32 Å². The molecule has 0 bridgehead atoms. The Balaban J connectivity index is 2.23. The predicted molar refractivity (Wildman–Crippen MR) is 69.9 cm³/mol. The van der Waals surface area contributed by atoms with Gasteiger partial charge in [0.2, 0.25) is 0 Å². The highest BCUT2D eigenvalue weighted by molar-refractivity contribution is 7.86. The molecule has 16 heavy (non-hydrogen) atoms. The molecule has 0 fully saturated rings. The molecule has 1 N–H and O–H groups in total. The normalized spacial score (nSPS) is 14.0. The molecule has 0 aliphatic carbocycles. The first-order valence-electron chi connectivity index (χ1n) is 5.60. The molecule has 0 amide bonds. The van der Waals surface area contributed by atoms with E-state index in [1.807, 2.05) is 40.1 Å². The topological polar surface area (TPSA) is 34.0 Å². The van der Waals surface area contributed by atoms with Gasteiger partial charge in [-0.3, -0.25) is 4.21 Å². The Morgan fingerprint density at radius 2 is 2.12 bits per heavy atom. The van der Waals surface area contributed by atoms with Crippen molar-refractivity contribution in [3.63, 3.8) is 0 Å². The van der Waals surface area contributed by atoms with Crippen LogP contribution in [0.2, 0.25) is 0 Å². The monoisotopic (exact) mass is 242 g/mol. The van der Waals surface area contributed by atoms with Crippen molar-refractivity contribution in [3.05, 3.63) is 24.0 Å². The van der Waals surface area contributed by atoms with E-state index in [1.54, 1.807) is 0 Å². The minimum absolute atomic E-state index is 0.105. The van der Waals surface area contributed by atoms with Gasteiger partial charge < -0.3 is 9.88 Å². The van der Waals surface area contributed by atoms with Gasteiger partial charge in [0.1, 0.15) is 0 Å². The van der Waals surface area contributed by atoms with Crippen LogP contribution in [-0.4, -0.2) is 25.8 Å². The first-order chi connectivity index (χ1) is 7.41. The van der Waals surface area contributed by atoms with Gasteiger partial charge in [-0.1, -0.05) is 0 Å². The Morgan fingerprint density at radius 3 is 2.62 bits per heavy atom. The number of nitrogens with zero attached hydrogens (tertiary/aromatic N) is 1. The molecule has 1 atom stereocenters. The molecule has 0 aliphatic rings. The average Bonchev–Trinajstić information content (AvgIpc) is 2.57. The number of hydrogen-bond acceptors (Lipinski definition) is 2. The van der Waals surface area contributed by atoms with Gasteiger partial charge in [0, 0.05) is 53.3 Å². The standard InChI is InChI=1S/C12H22N2OS/c1-12(2,3)16(15)9-7-13-10-11-6-5-8-14(11)4/h5-6,8,13H,7,9-10H2,1-4H3. The van der Waals surface area contributed by atoms with E-state index in [1.165, 1.54) is 5.69 Å². The highest BCUT2D eigenvalue weighted by Gasteiger charge is 2.18. The Kier molecular flexibility index (Phi) is 4.74. The maximum atomic E-state index is 11.8. The van der Waals surface area contributed by atoms with Crippen LogP contribution in [0.15, 0.2) is 18.3 Å². The van der Waals surface area contributed by atoms with E-state index in [2.05, 4.69) is 16.0 Å². The predicted octanol–water partition coefficient (Wildman–Crippen LogP) is 1.66. The van der Waals surface area contributed by atoms with Gasteiger partial charge in [-0.05, 0) is 32.9 Å². The molecule has 1 rings (SSSR count). The zero-order valence-corrected chi connectivity index (χ0v) is 11.4. The molecule has 0 spiro atoms. The summed E-state index contributed by atoms with van der Waals surface area (Å²) in [6.45, 7) is 7.68. The molecular formula is C12H22N2OS. The largest absolute Gasteiger partial charge is 0.353 e. The van der Waals surface area contributed by atoms with Crippen LogP contribution in [0.4, 0.5) is 0 Å². The van der Waals surface area contributed by atoms with Crippen molar-refractivity contribution in [2.75, 3.05) is 12.3 Å². The molecule has 92 valence electrons. The first-order valence-corrected chi connectivity index (χ1v) is 6.92. The summed E-state index contributed by atoms with van der Waals surface area (Å²) in [6.07, 6.45) is 2.03. The van der Waals surface area contributed by atoms with Crippen LogP contribution in [-0.2, 0) is 24.4 Å². The molecule has 1 unspecified atom stereocenters. The van der Waals surface area contributed by atoms with Crippen LogP contribution >= 0.6 is 0 Å². The smallest absolute Gasteiger partial charge is 0.0375 e. The third kappa shape index (κ3) is 4.10. The van der Waals surface area contributed by atoms with Crippen LogP contribution in [0, 0.1) is 0 Å². The van der Waals surface area contributed by atoms with Gasteiger partial charge in [-0.2, -0.15) is 0 Å². The molecular weight excluding hydrogens is 220 g/mol. The second-order valence-electron chi connectivity index (χ2n) is 4.95. The molecule has 4 heteroatoms. The lowest BCUT2D eigenvalue weighted by molar-refractivity contribution is 0.636. The first kappa shape index (κ1) is 13.5. The van der Waals surface area contributed by atoms with E-state index in [-0.39, 0.29) is 4.75 Å². The molecule has 0 saturated heterocycles. The van der Waals surface area contributed by atoms with Gasteiger partial charge in [0.15, 0.2) is 0 Å². The Morgan fingerprint density at radius 1 is 1.44 bits per heavy atom. The van der Waals surface area contributed by atoms with Crippen LogP contribution in [0.25, 0.3) is 0 Å². The van der Waals surface area contributed by atoms with E-state index in [4.69, 9.17) is 0 Å². The summed E-state index contributed by atoms with van der Waals surface area (Å²) < 4.78 is 13.7. The van der Waals surface area contributed by atoms with Gasteiger partial charge in [0.05, 0.1) is 0 Å². The fourth-order valence-corrected chi connectivity index (χ4v) is 2.31. The molecule has 0 saturated carbocycles. The Hall–Kier alpha value is -0.610. The van der Waals surface area contributed by atoms with Crippen LogP contribution in [0.3, 0.4) is 0 Å². The summed E-state index contributed by atoms with van der Waals surface area (Å²) >= 11 is 0. The van der Waals surface area contributed by atoms with Crippen molar-refractivity contribution in [2.24, 2.45) is 7.05 Å². The fraction of sp³-hybridized carbons (Fsp3) is 0.667. The number of nitrogens with one attached hydrogen (secondary N) is 1.